The lowest BCUT2D eigenvalue weighted by Crippen LogP contribution is -2.47. The minimum Gasteiger partial charge on any atom is -0.367 e. The first-order valence-corrected chi connectivity index (χ1v) is 6.75. The number of benzene rings is 1. The highest BCUT2D eigenvalue weighted by atomic mass is 19.1. The third-order valence-electron chi connectivity index (χ3n) is 3.97. The van der Waals surface area contributed by atoms with Gasteiger partial charge in [0.25, 0.3) is 0 Å². The maximum absolute atomic E-state index is 14.0. The van der Waals surface area contributed by atoms with Crippen LogP contribution >= 0.6 is 0 Å². The third kappa shape index (κ3) is 2.35. The monoisotopic (exact) mass is 249 g/mol. The zero-order valence-corrected chi connectivity index (χ0v) is 10.6. The normalized spacial score (nSPS) is 21.3. The van der Waals surface area contributed by atoms with Crippen LogP contribution in [0.2, 0.25) is 0 Å². The van der Waals surface area contributed by atoms with Gasteiger partial charge in [-0.1, -0.05) is 6.07 Å². The van der Waals surface area contributed by atoms with Gasteiger partial charge >= 0.3 is 0 Å². The second-order valence-corrected chi connectivity index (χ2v) is 5.24. The van der Waals surface area contributed by atoms with Gasteiger partial charge in [-0.3, -0.25) is 4.90 Å². The van der Waals surface area contributed by atoms with E-state index in [2.05, 4.69) is 9.80 Å². The molecule has 0 unspecified atom stereocenters. The minimum absolute atomic E-state index is 0.141. The largest absolute Gasteiger partial charge is 0.367 e. The molecule has 1 aromatic rings. The molecule has 2 aliphatic rings. The van der Waals surface area contributed by atoms with Crippen LogP contribution < -0.4 is 10.6 Å². The van der Waals surface area contributed by atoms with Crippen LogP contribution in [0, 0.1) is 5.82 Å². The molecule has 1 aliphatic heterocycles. The van der Waals surface area contributed by atoms with Crippen molar-refractivity contribution in [1.82, 2.24) is 4.90 Å². The summed E-state index contributed by atoms with van der Waals surface area (Å²) in [6, 6.07) is 6.16. The molecule has 2 N–H and O–H groups in total. The molecule has 4 heteroatoms. The average Bonchev–Trinajstić information content (AvgIpc) is 3.23. The van der Waals surface area contributed by atoms with Crippen molar-refractivity contribution in [1.29, 1.82) is 0 Å². The van der Waals surface area contributed by atoms with Gasteiger partial charge < -0.3 is 10.6 Å². The fourth-order valence-electron chi connectivity index (χ4n) is 2.70. The first kappa shape index (κ1) is 11.9. The summed E-state index contributed by atoms with van der Waals surface area (Å²) in [5.74, 6) is -0.141. The molecule has 0 atom stereocenters. The first-order valence-electron chi connectivity index (χ1n) is 6.75. The van der Waals surface area contributed by atoms with Gasteiger partial charge in [0, 0.05) is 38.8 Å². The van der Waals surface area contributed by atoms with Gasteiger partial charge in [-0.05, 0) is 30.5 Å². The van der Waals surface area contributed by atoms with Crippen molar-refractivity contribution in [3.05, 3.63) is 29.6 Å². The molecule has 1 saturated heterocycles. The van der Waals surface area contributed by atoms with Crippen molar-refractivity contribution in [2.75, 3.05) is 31.1 Å². The molecule has 0 bridgehead atoms. The average molecular weight is 249 g/mol. The van der Waals surface area contributed by atoms with Crippen LogP contribution in [0.5, 0.6) is 0 Å². The fourth-order valence-corrected chi connectivity index (χ4v) is 2.70. The zero-order valence-electron chi connectivity index (χ0n) is 10.6. The molecule has 0 amide bonds. The van der Waals surface area contributed by atoms with Gasteiger partial charge in [-0.25, -0.2) is 4.39 Å². The Bertz CT molecular complexity index is 423. The van der Waals surface area contributed by atoms with E-state index < -0.39 is 0 Å². The Morgan fingerprint density at radius 2 is 1.89 bits per heavy atom. The molecule has 0 spiro atoms. The Morgan fingerprint density at radius 1 is 1.17 bits per heavy atom. The van der Waals surface area contributed by atoms with Crippen LogP contribution in [0.4, 0.5) is 10.1 Å². The molecule has 98 valence electrons. The molecule has 1 saturated carbocycles. The van der Waals surface area contributed by atoms with Gasteiger partial charge in [0.15, 0.2) is 0 Å². The SMILES string of the molecule is NCc1ccc(N2CCN(C3CC3)CC2)c(F)c1. The number of rotatable bonds is 3. The number of piperazine rings is 1. The van der Waals surface area contributed by atoms with E-state index in [0.717, 1.165) is 43.5 Å². The number of nitrogens with zero attached hydrogens (tertiary/aromatic N) is 2. The topological polar surface area (TPSA) is 32.5 Å². The van der Waals surface area contributed by atoms with E-state index in [1.54, 1.807) is 6.07 Å². The summed E-state index contributed by atoms with van der Waals surface area (Å²) in [5.41, 5.74) is 7.10. The van der Waals surface area contributed by atoms with E-state index in [1.165, 1.54) is 12.8 Å². The Morgan fingerprint density at radius 3 is 2.44 bits per heavy atom. The number of anilines is 1. The summed E-state index contributed by atoms with van der Waals surface area (Å²) >= 11 is 0. The maximum Gasteiger partial charge on any atom is 0.146 e. The summed E-state index contributed by atoms with van der Waals surface area (Å²) in [7, 11) is 0. The van der Waals surface area contributed by atoms with Crippen molar-refractivity contribution in [2.45, 2.75) is 25.4 Å². The smallest absolute Gasteiger partial charge is 0.146 e. The van der Waals surface area contributed by atoms with Gasteiger partial charge in [-0.15, -0.1) is 0 Å². The molecule has 0 radical (unpaired) electrons. The van der Waals surface area contributed by atoms with Crippen molar-refractivity contribution < 1.29 is 4.39 Å². The van der Waals surface area contributed by atoms with E-state index in [4.69, 9.17) is 5.73 Å². The summed E-state index contributed by atoms with van der Waals surface area (Å²) in [6.45, 7) is 4.36. The molecular formula is C14H20FN3. The molecule has 3 rings (SSSR count). The standard InChI is InChI=1S/C14H20FN3/c15-13-9-11(10-16)1-4-14(13)18-7-5-17(6-8-18)12-2-3-12/h1,4,9,12H,2-3,5-8,10,16H2. The predicted molar refractivity (Wildman–Crippen MR) is 71.1 cm³/mol. The molecule has 1 heterocycles. The molecule has 1 aromatic carbocycles. The summed E-state index contributed by atoms with van der Waals surface area (Å²) in [4.78, 5) is 4.68. The minimum atomic E-state index is -0.141. The van der Waals surface area contributed by atoms with E-state index >= 15 is 0 Å². The number of hydrogen-bond donors (Lipinski definition) is 1. The molecule has 1 aliphatic carbocycles. The Balaban J connectivity index is 1.68. The second-order valence-electron chi connectivity index (χ2n) is 5.24. The van der Waals surface area contributed by atoms with Crippen molar-refractivity contribution in [2.24, 2.45) is 5.73 Å². The van der Waals surface area contributed by atoms with Crippen molar-refractivity contribution >= 4 is 5.69 Å². The molecule has 2 fully saturated rings. The lowest BCUT2D eigenvalue weighted by Gasteiger charge is -2.36. The predicted octanol–water partition coefficient (Wildman–Crippen LogP) is 1.57. The Kier molecular flexibility index (Phi) is 3.22. The van der Waals surface area contributed by atoms with Crippen LogP contribution in [0.3, 0.4) is 0 Å². The number of hydrogen-bond acceptors (Lipinski definition) is 3. The molecule has 18 heavy (non-hydrogen) atoms. The summed E-state index contributed by atoms with van der Waals surface area (Å²) < 4.78 is 14.0. The van der Waals surface area contributed by atoms with Crippen molar-refractivity contribution in [3.63, 3.8) is 0 Å². The molecular weight excluding hydrogens is 229 g/mol. The van der Waals surface area contributed by atoms with E-state index in [9.17, 15) is 4.39 Å². The highest BCUT2D eigenvalue weighted by Gasteiger charge is 2.31. The van der Waals surface area contributed by atoms with Crippen LogP contribution in [-0.2, 0) is 6.54 Å². The van der Waals surface area contributed by atoms with E-state index in [1.807, 2.05) is 12.1 Å². The fraction of sp³-hybridized carbons (Fsp3) is 0.571. The first-order chi connectivity index (χ1) is 8.78. The third-order valence-corrected chi connectivity index (χ3v) is 3.97. The van der Waals surface area contributed by atoms with Crippen molar-refractivity contribution in [3.8, 4) is 0 Å². The number of halogens is 1. The lowest BCUT2D eigenvalue weighted by molar-refractivity contribution is 0.247. The molecule has 3 nitrogen and oxygen atoms in total. The number of nitrogens with two attached hydrogens (primary N) is 1. The van der Waals surface area contributed by atoms with Gasteiger partial charge in [0.05, 0.1) is 5.69 Å². The highest BCUT2D eigenvalue weighted by Crippen LogP contribution is 2.29. The van der Waals surface area contributed by atoms with Gasteiger partial charge in [0.2, 0.25) is 0 Å². The van der Waals surface area contributed by atoms with Crippen LogP contribution in [0.1, 0.15) is 18.4 Å². The van der Waals surface area contributed by atoms with Crippen LogP contribution in [-0.4, -0.2) is 37.1 Å². The van der Waals surface area contributed by atoms with E-state index in [0.29, 0.717) is 6.54 Å². The zero-order chi connectivity index (χ0) is 12.5. The molecule has 0 aromatic heterocycles. The van der Waals surface area contributed by atoms with E-state index in [-0.39, 0.29) is 5.82 Å². The van der Waals surface area contributed by atoms with Crippen LogP contribution in [0.15, 0.2) is 18.2 Å². The highest BCUT2D eigenvalue weighted by molar-refractivity contribution is 5.49. The van der Waals surface area contributed by atoms with Crippen LogP contribution in [0.25, 0.3) is 0 Å². The van der Waals surface area contributed by atoms with Gasteiger partial charge in [0.1, 0.15) is 5.82 Å². The Hall–Kier alpha value is -1.13. The lowest BCUT2D eigenvalue weighted by atomic mass is 10.1. The summed E-state index contributed by atoms with van der Waals surface area (Å²) in [6.07, 6.45) is 2.69. The summed E-state index contributed by atoms with van der Waals surface area (Å²) in [5, 5.41) is 0. The maximum atomic E-state index is 14.0. The van der Waals surface area contributed by atoms with Gasteiger partial charge in [-0.2, -0.15) is 0 Å². The quantitative estimate of drug-likeness (QED) is 0.882. The second kappa shape index (κ2) is 4.86. The Labute approximate surface area is 107 Å².